The summed E-state index contributed by atoms with van der Waals surface area (Å²) < 4.78 is 39.5. The summed E-state index contributed by atoms with van der Waals surface area (Å²) in [5, 5.41) is 2.58. The molecular formula is C18H19F2NO4. The predicted molar refractivity (Wildman–Crippen MR) is 89.6 cm³/mol. The highest BCUT2D eigenvalue weighted by molar-refractivity contribution is 5.92. The van der Waals surface area contributed by atoms with Gasteiger partial charge in [-0.1, -0.05) is 12.1 Å². The van der Waals surface area contributed by atoms with Crippen LogP contribution < -0.4 is 19.5 Å². The standard InChI is InChI=1S/C18H19F2NO4/c1-23-13-9-12(10-14(11-13)24-2)7-8-17(22)21-15-5-3-4-6-16(15)25-18(19)20/h3-6,9-11,18H,7-8H2,1-2H3,(H,21,22). The van der Waals surface area contributed by atoms with E-state index in [-0.39, 0.29) is 23.8 Å². The molecular weight excluding hydrogens is 332 g/mol. The largest absolute Gasteiger partial charge is 0.497 e. The lowest BCUT2D eigenvalue weighted by Gasteiger charge is -2.12. The maximum atomic E-state index is 12.4. The third kappa shape index (κ3) is 5.63. The number of halogens is 2. The monoisotopic (exact) mass is 351 g/mol. The van der Waals surface area contributed by atoms with Crippen LogP contribution in [0.5, 0.6) is 17.2 Å². The van der Waals surface area contributed by atoms with Crippen molar-refractivity contribution in [2.75, 3.05) is 19.5 Å². The number of rotatable bonds is 8. The third-order valence-electron chi connectivity index (χ3n) is 3.43. The van der Waals surface area contributed by atoms with Gasteiger partial charge in [-0.2, -0.15) is 8.78 Å². The van der Waals surface area contributed by atoms with Gasteiger partial charge in [0.05, 0.1) is 19.9 Å². The molecule has 0 spiro atoms. The molecule has 0 unspecified atom stereocenters. The normalized spacial score (nSPS) is 10.4. The van der Waals surface area contributed by atoms with Gasteiger partial charge in [0.1, 0.15) is 17.2 Å². The van der Waals surface area contributed by atoms with Crippen LogP contribution in [0.2, 0.25) is 0 Å². The number of hydrogen-bond acceptors (Lipinski definition) is 4. The quantitative estimate of drug-likeness (QED) is 0.784. The second kappa shape index (κ2) is 8.86. The van der Waals surface area contributed by atoms with Crippen LogP contribution in [0.25, 0.3) is 0 Å². The van der Waals surface area contributed by atoms with E-state index >= 15 is 0 Å². The average molecular weight is 351 g/mol. The van der Waals surface area contributed by atoms with E-state index in [1.165, 1.54) is 12.1 Å². The van der Waals surface area contributed by atoms with Crippen LogP contribution in [0.4, 0.5) is 14.5 Å². The van der Waals surface area contributed by atoms with Gasteiger partial charge in [0.25, 0.3) is 0 Å². The molecule has 0 saturated heterocycles. The molecule has 1 N–H and O–H groups in total. The maximum absolute atomic E-state index is 12.4. The number of anilines is 1. The minimum atomic E-state index is -2.96. The number of alkyl halides is 2. The van der Waals surface area contributed by atoms with Crippen molar-refractivity contribution in [3.05, 3.63) is 48.0 Å². The van der Waals surface area contributed by atoms with Crippen LogP contribution in [0.1, 0.15) is 12.0 Å². The van der Waals surface area contributed by atoms with E-state index < -0.39 is 6.61 Å². The number of benzene rings is 2. The number of hydrogen-bond donors (Lipinski definition) is 1. The second-order valence-electron chi connectivity index (χ2n) is 5.14. The van der Waals surface area contributed by atoms with E-state index in [2.05, 4.69) is 10.1 Å². The lowest BCUT2D eigenvalue weighted by atomic mass is 10.1. The molecule has 2 aromatic rings. The first-order chi connectivity index (χ1) is 12.0. The Balaban J connectivity index is 2.00. The number of aryl methyl sites for hydroxylation is 1. The predicted octanol–water partition coefficient (Wildman–Crippen LogP) is 3.88. The van der Waals surface area contributed by atoms with Crippen molar-refractivity contribution in [1.82, 2.24) is 0 Å². The van der Waals surface area contributed by atoms with Crippen LogP contribution in [0.3, 0.4) is 0 Å². The fourth-order valence-corrected chi connectivity index (χ4v) is 2.25. The first kappa shape index (κ1) is 18.5. The number of carbonyl (C=O) groups is 1. The molecule has 134 valence electrons. The number of carbonyl (C=O) groups excluding carboxylic acids is 1. The van der Waals surface area contributed by atoms with E-state index in [1.807, 2.05) is 12.1 Å². The number of para-hydroxylation sites is 2. The Kier molecular flexibility index (Phi) is 6.56. The van der Waals surface area contributed by atoms with Gasteiger partial charge < -0.3 is 19.5 Å². The van der Waals surface area contributed by atoms with E-state index in [0.717, 1.165) is 5.56 Å². The molecule has 0 saturated carbocycles. The van der Waals surface area contributed by atoms with Crippen molar-refractivity contribution in [2.45, 2.75) is 19.5 Å². The van der Waals surface area contributed by atoms with E-state index in [1.54, 1.807) is 32.4 Å². The summed E-state index contributed by atoms with van der Waals surface area (Å²) in [5.74, 6) is 0.872. The van der Waals surface area contributed by atoms with Gasteiger partial charge >= 0.3 is 6.61 Å². The van der Waals surface area contributed by atoms with E-state index in [9.17, 15) is 13.6 Å². The highest BCUT2D eigenvalue weighted by Gasteiger charge is 2.12. The highest BCUT2D eigenvalue weighted by Crippen LogP contribution is 2.26. The van der Waals surface area contributed by atoms with Gasteiger partial charge in [-0.3, -0.25) is 4.79 Å². The SMILES string of the molecule is COc1cc(CCC(=O)Nc2ccccc2OC(F)F)cc(OC)c1. The Morgan fingerprint density at radius 3 is 2.32 bits per heavy atom. The Hall–Kier alpha value is -2.83. The van der Waals surface area contributed by atoms with E-state index in [0.29, 0.717) is 17.9 Å². The molecule has 5 nitrogen and oxygen atoms in total. The van der Waals surface area contributed by atoms with Crippen LogP contribution >= 0.6 is 0 Å². The van der Waals surface area contributed by atoms with Crippen LogP contribution in [0, 0.1) is 0 Å². The number of amides is 1. The Morgan fingerprint density at radius 2 is 1.72 bits per heavy atom. The van der Waals surface area contributed by atoms with E-state index in [4.69, 9.17) is 9.47 Å². The smallest absolute Gasteiger partial charge is 0.387 e. The van der Waals surface area contributed by atoms with Gasteiger partial charge in [0.2, 0.25) is 5.91 Å². The molecule has 1 amide bonds. The number of methoxy groups -OCH3 is 2. The molecule has 2 aromatic carbocycles. The molecule has 7 heteroatoms. The molecule has 0 aliphatic heterocycles. The first-order valence-electron chi connectivity index (χ1n) is 7.57. The molecule has 0 aliphatic carbocycles. The maximum Gasteiger partial charge on any atom is 0.387 e. The average Bonchev–Trinajstić information content (AvgIpc) is 2.61. The zero-order valence-electron chi connectivity index (χ0n) is 13.9. The second-order valence-corrected chi connectivity index (χ2v) is 5.14. The molecule has 0 bridgehead atoms. The van der Waals surface area contributed by atoms with Crippen molar-refractivity contribution in [3.63, 3.8) is 0 Å². The molecule has 0 heterocycles. The van der Waals surface area contributed by atoms with Crippen molar-refractivity contribution in [3.8, 4) is 17.2 Å². The van der Waals surface area contributed by atoms with Gasteiger partial charge in [-0.05, 0) is 36.2 Å². The summed E-state index contributed by atoms with van der Waals surface area (Å²) in [6.45, 7) is -2.96. The first-order valence-corrected chi connectivity index (χ1v) is 7.57. The lowest BCUT2D eigenvalue weighted by molar-refractivity contribution is -0.116. The summed E-state index contributed by atoms with van der Waals surface area (Å²) >= 11 is 0. The number of nitrogens with one attached hydrogen (secondary N) is 1. The van der Waals surface area contributed by atoms with Gasteiger partial charge in [0.15, 0.2) is 0 Å². The van der Waals surface area contributed by atoms with Gasteiger partial charge in [0, 0.05) is 12.5 Å². The van der Waals surface area contributed by atoms with Crippen LogP contribution in [0.15, 0.2) is 42.5 Å². The molecule has 25 heavy (non-hydrogen) atoms. The van der Waals surface area contributed by atoms with Gasteiger partial charge in [-0.15, -0.1) is 0 Å². The fraction of sp³-hybridized carbons (Fsp3) is 0.278. The molecule has 0 radical (unpaired) electrons. The molecule has 0 aliphatic rings. The van der Waals surface area contributed by atoms with Gasteiger partial charge in [-0.25, -0.2) is 0 Å². The Morgan fingerprint density at radius 1 is 1.08 bits per heavy atom. The Bertz CT molecular complexity index is 700. The third-order valence-corrected chi connectivity index (χ3v) is 3.43. The summed E-state index contributed by atoms with van der Waals surface area (Å²) in [6.07, 6.45) is 0.608. The molecule has 0 aromatic heterocycles. The van der Waals surface area contributed by atoms with Crippen molar-refractivity contribution >= 4 is 11.6 Å². The Labute approximate surface area is 144 Å². The summed E-state index contributed by atoms with van der Waals surface area (Å²) in [6, 6.07) is 11.4. The minimum Gasteiger partial charge on any atom is -0.497 e. The molecule has 0 atom stereocenters. The fourth-order valence-electron chi connectivity index (χ4n) is 2.25. The summed E-state index contributed by atoms with van der Waals surface area (Å²) in [4.78, 5) is 12.1. The zero-order valence-corrected chi connectivity index (χ0v) is 13.9. The lowest BCUT2D eigenvalue weighted by Crippen LogP contribution is -2.14. The molecule has 2 rings (SSSR count). The van der Waals surface area contributed by atoms with Crippen LogP contribution in [-0.2, 0) is 11.2 Å². The van der Waals surface area contributed by atoms with Crippen molar-refractivity contribution in [2.24, 2.45) is 0 Å². The topological polar surface area (TPSA) is 56.8 Å². The zero-order chi connectivity index (χ0) is 18.2. The highest BCUT2D eigenvalue weighted by atomic mass is 19.3. The summed E-state index contributed by atoms with van der Waals surface area (Å²) in [5.41, 5.74) is 1.07. The van der Waals surface area contributed by atoms with Crippen molar-refractivity contribution < 1.29 is 27.8 Å². The minimum absolute atomic E-state index is 0.0751. The van der Waals surface area contributed by atoms with Crippen LogP contribution in [-0.4, -0.2) is 26.7 Å². The van der Waals surface area contributed by atoms with Crippen molar-refractivity contribution in [1.29, 1.82) is 0 Å². The number of ether oxygens (including phenoxy) is 3. The molecule has 0 fully saturated rings. The summed E-state index contributed by atoms with van der Waals surface area (Å²) in [7, 11) is 3.09.